The van der Waals surface area contributed by atoms with Crippen LogP contribution in [0, 0.1) is 11.3 Å². The fourth-order valence-electron chi connectivity index (χ4n) is 2.95. The van der Waals surface area contributed by atoms with Crippen LogP contribution in [0.2, 0.25) is 0 Å². The van der Waals surface area contributed by atoms with Crippen LogP contribution in [0.15, 0.2) is 42.5 Å². The molecule has 2 aromatic rings. The summed E-state index contributed by atoms with van der Waals surface area (Å²) in [5.41, 5.74) is 2.18. The summed E-state index contributed by atoms with van der Waals surface area (Å²) in [6.45, 7) is 5.53. The summed E-state index contributed by atoms with van der Waals surface area (Å²) in [4.78, 5) is 14.8. The first kappa shape index (κ1) is 16.8. The molecule has 1 amide bonds. The molecule has 0 saturated carbocycles. The molecule has 0 aromatic heterocycles. The van der Waals surface area contributed by atoms with Gasteiger partial charge in [-0.3, -0.25) is 4.79 Å². The molecule has 5 heteroatoms. The van der Waals surface area contributed by atoms with Crippen molar-refractivity contribution in [3.63, 3.8) is 0 Å². The van der Waals surface area contributed by atoms with Crippen LogP contribution in [0.25, 0.3) is 0 Å². The summed E-state index contributed by atoms with van der Waals surface area (Å²) in [6.07, 6.45) is 0. The van der Waals surface area contributed by atoms with Gasteiger partial charge in [-0.05, 0) is 49.7 Å². The maximum atomic E-state index is 13.0. The highest BCUT2D eigenvalue weighted by Crippen LogP contribution is 2.32. The van der Waals surface area contributed by atoms with E-state index in [4.69, 9.17) is 14.7 Å². The SMILES string of the molecule is CCN(C(=O)c1ccc2c(c1)OCCO2)C(C)c1ccc(C#N)cc1. The second-order valence-corrected chi connectivity index (χ2v) is 5.86. The molecule has 0 spiro atoms. The van der Waals surface area contributed by atoms with E-state index < -0.39 is 0 Å². The molecule has 5 nitrogen and oxygen atoms in total. The lowest BCUT2D eigenvalue weighted by molar-refractivity contribution is 0.0701. The van der Waals surface area contributed by atoms with Crippen LogP contribution in [-0.2, 0) is 0 Å². The first-order valence-electron chi connectivity index (χ1n) is 8.34. The van der Waals surface area contributed by atoms with E-state index in [1.807, 2.05) is 26.0 Å². The van der Waals surface area contributed by atoms with E-state index in [0.717, 1.165) is 5.56 Å². The highest BCUT2D eigenvalue weighted by atomic mass is 16.6. The fraction of sp³-hybridized carbons (Fsp3) is 0.300. The molecule has 128 valence electrons. The number of ether oxygens (including phenoxy) is 2. The minimum atomic E-state index is -0.0987. The molecule has 25 heavy (non-hydrogen) atoms. The molecule has 0 bridgehead atoms. The maximum absolute atomic E-state index is 13.0. The average molecular weight is 336 g/mol. The van der Waals surface area contributed by atoms with Crippen LogP contribution in [0.1, 0.15) is 41.4 Å². The molecule has 3 rings (SSSR count). The van der Waals surface area contributed by atoms with Crippen molar-refractivity contribution >= 4 is 5.91 Å². The Kier molecular flexibility index (Phi) is 4.90. The van der Waals surface area contributed by atoms with Crippen LogP contribution >= 0.6 is 0 Å². The Morgan fingerprint density at radius 3 is 2.48 bits per heavy atom. The number of nitrogens with zero attached hydrogens (tertiary/aromatic N) is 2. The lowest BCUT2D eigenvalue weighted by Gasteiger charge is -2.29. The van der Waals surface area contributed by atoms with Crippen LogP contribution in [-0.4, -0.2) is 30.6 Å². The summed E-state index contributed by atoms with van der Waals surface area (Å²) in [7, 11) is 0. The Bertz CT molecular complexity index is 809. The quantitative estimate of drug-likeness (QED) is 0.856. The van der Waals surface area contributed by atoms with Crippen molar-refractivity contribution in [2.45, 2.75) is 19.9 Å². The van der Waals surface area contributed by atoms with Crippen molar-refractivity contribution < 1.29 is 14.3 Å². The number of hydrogen-bond donors (Lipinski definition) is 0. The smallest absolute Gasteiger partial charge is 0.254 e. The van der Waals surface area contributed by atoms with Gasteiger partial charge in [-0.2, -0.15) is 5.26 Å². The number of carbonyl (C=O) groups is 1. The molecule has 0 saturated heterocycles. The topological polar surface area (TPSA) is 62.6 Å². The molecule has 2 aromatic carbocycles. The Morgan fingerprint density at radius 2 is 1.84 bits per heavy atom. The minimum absolute atomic E-state index is 0.0590. The first-order chi connectivity index (χ1) is 12.1. The summed E-state index contributed by atoms with van der Waals surface area (Å²) < 4.78 is 11.1. The molecule has 1 atom stereocenters. The van der Waals surface area contributed by atoms with Gasteiger partial charge in [0.2, 0.25) is 0 Å². The molecule has 0 N–H and O–H groups in total. The second kappa shape index (κ2) is 7.27. The average Bonchev–Trinajstić information content (AvgIpc) is 2.68. The Morgan fingerprint density at radius 1 is 1.16 bits per heavy atom. The van der Waals surface area contributed by atoms with Gasteiger partial charge in [-0.15, -0.1) is 0 Å². The van der Waals surface area contributed by atoms with Gasteiger partial charge in [0.25, 0.3) is 5.91 Å². The zero-order valence-electron chi connectivity index (χ0n) is 14.4. The van der Waals surface area contributed by atoms with Crippen LogP contribution in [0.4, 0.5) is 0 Å². The number of hydrogen-bond acceptors (Lipinski definition) is 4. The van der Waals surface area contributed by atoms with Gasteiger partial charge in [-0.25, -0.2) is 0 Å². The standard InChI is InChI=1S/C20H20N2O3/c1-3-22(14(2)16-6-4-15(13-21)5-7-16)20(23)17-8-9-18-19(12-17)25-11-10-24-18/h4-9,12,14H,3,10-11H2,1-2H3. The first-order valence-corrected chi connectivity index (χ1v) is 8.34. The van der Waals surface area contributed by atoms with Crippen molar-refractivity contribution in [3.8, 4) is 17.6 Å². The molecular formula is C20H20N2O3. The number of carbonyl (C=O) groups excluding carboxylic acids is 1. The van der Waals surface area contributed by atoms with E-state index in [1.165, 1.54) is 0 Å². The molecule has 0 aliphatic carbocycles. The Labute approximate surface area is 147 Å². The third-order valence-electron chi connectivity index (χ3n) is 4.38. The van der Waals surface area contributed by atoms with Crippen molar-refractivity contribution in [3.05, 3.63) is 59.2 Å². The zero-order chi connectivity index (χ0) is 17.8. The molecule has 1 heterocycles. The zero-order valence-corrected chi connectivity index (χ0v) is 14.4. The number of amides is 1. The number of benzene rings is 2. The summed E-state index contributed by atoms with van der Waals surface area (Å²) in [5.74, 6) is 1.22. The van der Waals surface area contributed by atoms with Gasteiger partial charge < -0.3 is 14.4 Å². The summed E-state index contributed by atoms with van der Waals surface area (Å²) in [6, 6.07) is 14.6. The van der Waals surface area contributed by atoms with Gasteiger partial charge in [0.1, 0.15) is 13.2 Å². The maximum Gasteiger partial charge on any atom is 0.254 e. The van der Waals surface area contributed by atoms with Crippen LogP contribution in [0.3, 0.4) is 0 Å². The molecule has 0 fully saturated rings. The van der Waals surface area contributed by atoms with Crippen molar-refractivity contribution in [2.75, 3.05) is 19.8 Å². The van der Waals surface area contributed by atoms with E-state index in [1.54, 1.807) is 35.2 Å². The molecule has 1 aliphatic heterocycles. The second-order valence-electron chi connectivity index (χ2n) is 5.86. The molecule has 1 unspecified atom stereocenters. The third-order valence-corrected chi connectivity index (χ3v) is 4.38. The molecular weight excluding hydrogens is 316 g/mol. The highest BCUT2D eigenvalue weighted by molar-refractivity contribution is 5.95. The van der Waals surface area contributed by atoms with Crippen LogP contribution in [0.5, 0.6) is 11.5 Å². The normalized spacial score (nSPS) is 13.6. The van der Waals surface area contributed by atoms with Crippen molar-refractivity contribution in [1.29, 1.82) is 5.26 Å². The van der Waals surface area contributed by atoms with E-state index >= 15 is 0 Å². The fourth-order valence-corrected chi connectivity index (χ4v) is 2.95. The number of nitriles is 1. The van der Waals surface area contributed by atoms with E-state index in [9.17, 15) is 4.79 Å². The lowest BCUT2D eigenvalue weighted by atomic mass is 10.0. The predicted molar refractivity (Wildman–Crippen MR) is 93.7 cm³/mol. The van der Waals surface area contributed by atoms with E-state index in [-0.39, 0.29) is 11.9 Å². The number of rotatable bonds is 4. The Hall–Kier alpha value is -3.00. The number of fused-ring (bicyclic) bond motifs is 1. The predicted octanol–water partition coefficient (Wildman–Crippen LogP) is 3.55. The van der Waals surface area contributed by atoms with Gasteiger partial charge in [-0.1, -0.05) is 12.1 Å². The Balaban J connectivity index is 1.84. The van der Waals surface area contributed by atoms with Gasteiger partial charge >= 0.3 is 0 Å². The van der Waals surface area contributed by atoms with Crippen LogP contribution < -0.4 is 9.47 Å². The van der Waals surface area contributed by atoms with E-state index in [0.29, 0.717) is 42.4 Å². The largest absolute Gasteiger partial charge is 0.486 e. The molecule has 1 aliphatic rings. The summed E-state index contributed by atoms with van der Waals surface area (Å²) in [5, 5.41) is 8.92. The summed E-state index contributed by atoms with van der Waals surface area (Å²) >= 11 is 0. The third kappa shape index (κ3) is 3.43. The minimum Gasteiger partial charge on any atom is -0.486 e. The van der Waals surface area contributed by atoms with Gasteiger partial charge in [0.15, 0.2) is 11.5 Å². The van der Waals surface area contributed by atoms with Gasteiger partial charge in [0.05, 0.1) is 17.7 Å². The highest BCUT2D eigenvalue weighted by Gasteiger charge is 2.23. The van der Waals surface area contributed by atoms with Gasteiger partial charge in [0, 0.05) is 12.1 Å². The monoisotopic (exact) mass is 336 g/mol. The molecule has 0 radical (unpaired) electrons. The lowest BCUT2D eigenvalue weighted by Crippen LogP contribution is -2.33. The van der Waals surface area contributed by atoms with Crippen molar-refractivity contribution in [2.24, 2.45) is 0 Å². The van der Waals surface area contributed by atoms with Crippen molar-refractivity contribution in [1.82, 2.24) is 4.90 Å². The van der Waals surface area contributed by atoms with E-state index in [2.05, 4.69) is 6.07 Å².